The summed E-state index contributed by atoms with van der Waals surface area (Å²) >= 11 is 0. The molecular formula is C15H17F3N2O2. The van der Waals surface area contributed by atoms with Crippen LogP contribution in [0.1, 0.15) is 25.3 Å². The number of alkyl halides is 3. The molecule has 0 unspecified atom stereocenters. The van der Waals surface area contributed by atoms with E-state index in [0.29, 0.717) is 13.1 Å². The van der Waals surface area contributed by atoms with Gasteiger partial charge in [-0.2, -0.15) is 13.2 Å². The Bertz CT molecular complexity index is 566. The Kier molecular flexibility index (Phi) is 4.73. The van der Waals surface area contributed by atoms with E-state index in [4.69, 9.17) is 0 Å². The van der Waals surface area contributed by atoms with Gasteiger partial charge in [-0.1, -0.05) is 12.1 Å². The van der Waals surface area contributed by atoms with Gasteiger partial charge in [-0.3, -0.25) is 9.59 Å². The molecule has 2 rings (SSSR count). The first-order valence-corrected chi connectivity index (χ1v) is 7.03. The Morgan fingerprint density at radius 2 is 1.77 bits per heavy atom. The van der Waals surface area contributed by atoms with E-state index in [0.717, 1.165) is 30.7 Å². The number of rotatable bonds is 3. The third-order valence-corrected chi connectivity index (χ3v) is 3.63. The average Bonchev–Trinajstić information content (AvgIpc) is 2.97. The lowest BCUT2D eigenvalue weighted by atomic mass is 10.1. The molecule has 2 amide bonds. The number of para-hydroxylation sites is 1. The molecule has 1 heterocycles. The fourth-order valence-electron chi connectivity index (χ4n) is 2.52. The predicted molar refractivity (Wildman–Crippen MR) is 75.3 cm³/mol. The lowest BCUT2D eigenvalue weighted by Gasteiger charge is -2.26. The Morgan fingerprint density at radius 1 is 1.18 bits per heavy atom. The van der Waals surface area contributed by atoms with Crippen molar-refractivity contribution in [1.29, 1.82) is 0 Å². The maximum absolute atomic E-state index is 13.1. The molecule has 1 aliphatic heterocycles. The smallest absolute Gasteiger partial charge is 0.341 e. The molecule has 7 heteroatoms. The van der Waals surface area contributed by atoms with Gasteiger partial charge < -0.3 is 9.80 Å². The van der Waals surface area contributed by atoms with Crippen molar-refractivity contribution in [3.8, 4) is 0 Å². The summed E-state index contributed by atoms with van der Waals surface area (Å²) in [6, 6.07) is 4.79. The van der Waals surface area contributed by atoms with E-state index in [1.54, 1.807) is 4.90 Å². The second-order valence-electron chi connectivity index (χ2n) is 5.21. The highest BCUT2D eigenvalue weighted by atomic mass is 19.4. The van der Waals surface area contributed by atoms with Crippen LogP contribution in [0.4, 0.5) is 18.9 Å². The molecule has 0 N–H and O–H groups in total. The van der Waals surface area contributed by atoms with Gasteiger partial charge in [0.1, 0.15) is 6.54 Å². The van der Waals surface area contributed by atoms with Crippen LogP contribution < -0.4 is 4.90 Å². The summed E-state index contributed by atoms with van der Waals surface area (Å²) in [6.07, 6.45) is -2.82. The maximum Gasteiger partial charge on any atom is 0.418 e. The van der Waals surface area contributed by atoms with Crippen LogP contribution in [-0.2, 0) is 15.8 Å². The van der Waals surface area contributed by atoms with Gasteiger partial charge in [-0.25, -0.2) is 0 Å². The lowest BCUT2D eigenvalue weighted by molar-refractivity contribution is -0.137. The highest BCUT2D eigenvalue weighted by Gasteiger charge is 2.36. The van der Waals surface area contributed by atoms with Crippen LogP contribution in [0, 0.1) is 0 Å². The number of benzene rings is 1. The Labute approximate surface area is 126 Å². The fourth-order valence-corrected chi connectivity index (χ4v) is 2.52. The monoisotopic (exact) mass is 314 g/mol. The zero-order valence-corrected chi connectivity index (χ0v) is 12.2. The number of hydrogen-bond donors (Lipinski definition) is 0. The van der Waals surface area contributed by atoms with Crippen molar-refractivity contribution in [3.05, 3.63) is 29.8 Å². The zero-order chi connectivity index (χ0) is 16.3. The van der Waals surface area contributed by atoms with Crippen LogP contribution in [0.5, 0.6) is 0 Å². The SMILES string of the molecule is CC(=O)N(CC(=O)N1CCCC1)c1ccccc1C(F)(F)F. The van der Waals surface area contributed by atoms with Crippen molar-refractivity contribution >= 4 is 17.5 Å². The zero-order valence-electron chi connectivity index (χ0n) is 12.2. The van der Waals surface area contributed by atoms with E-state index in [2.05, 4.69) is 0 Å². The molecule has 0 radical (unpaired) electrons. The summed E-state index contributed by atoms with van der Waals surface area (Å²) in [5, 5.41) is 0. The average molecular weight is 314 g/mol. The Balaban J connectivity index is 2.29. The number of anilines is 1. The number of amides is 2. The first-order chi connectivity index (χ1) is 10.3. The van der Waals surface area contributed by atoms with Crippen molar-refractivity contribution in [2.24, 2.45) is 0 Å². The summed E-state index contributed by atoms with van der Waals surface area (Å²) in [6.45, 7) is 1.96. The van der Waals surface area contributed by atoms with Crippen molar-refractivity contribution < 1.29 is 22.8 Å². The van der Waals surface area contributed by atoms with E-state index >= 15 is 0 Å². The first kappa shape index (κ1) is 16.3. The number of carbonyl (C=O) groups is 2. The van der Waals surface area contributed by atoms with E-state index in [9.17, 15) is 22.8 Å². The highest BCUT2D eigenvalue weighted by Crippen LogP contribution is 2.36. The molecule has 0 bridgehead atoms. The number of hydrogen-bond acceptors (Lipinski definition) is 2. The number of carbonyl (C=O) groups excluding carboxylic acids is 2. The minimum atomic E-state index is -4.58. The molecule has 0 atom stereocenters. The van der Waals surface area contributed by atoms with E-state index in [1.165, 1.54) is 18.2 Å². The van der Waals surface area contributed by atoms with Gasteiger partial charge >= 0.3 is 6.18 Å². The normalized spacial score (nSPS) is 15.0. The molecule has 1 saturated heterocycles. The van der Waals surface area contributed by atoms with E-state index in [1.807, 2.05) is 0 Å². The second-order valence-corrected chi connectivity index (χ2v) is 5.21. The van der Waals surface area contributed by atoms with Crippen LogP contribution >= 0.6 is 0 Å². The van der Waals surface area contributed by atoms with Crippen LogP contribution in [-0.4, -0.2) is 36.3 Å². The molecule has 1 aromatic rings. The van der Waals surface area contributed by atoms with Crippen LogP contribution in [0.25, 0.3) is 0 Å². The standard InChI is InChI=1S/C15H17F3N2O2/c1-11(21)20(10-14(22)19-8-4-5-9-19)13-7-3-2-6-12(13)15(16,17)18/h2-3,6-7H,4-5,8-10H2,1H3. The number of halogens is 3. The Hall–Kier alpha value is -2.05. The van der Waals surface area contributed by atoms with Crippen LogP contribution in [0.2, 0.25) is 0 Å². The summed E-state index contributed by atoms with van der Waals surface area (Å²) in [7, 11) is 0. The maximum atomic E-state index is 13.1. The third-order valence-electron chi connectivity index (χ3n) is 3.63. The van der Waals surface area contributed by atoms with Crippen molar-refractivity contribution in [3.63, 3.8) is 0 Å². The quantitative estimate of drug-likeness (QED) is 0.860. The first-order valence-electron chi connectivity index (χ1n) is 7.03. The van der Waals surface area contributed by atoms with Crippen LogP contribution in [0.15, 0.2) is 24.3 Å². The molecular weight excluding hydrogens is 297 g/mol. The largest absolute Gasteiger partial charge is 0.418 e. The molecule has 0 aromatic heterocycles. The molecule has 120 valence electrons. The summed E-state index contributed by atoms with van der Waals surface area (Å²) in [5.41, 5.74) is -1.20. The summed E-state index contributed by atoms with van der Waals surface area (Å²) < 4.78 is 39.2. The van der Waals surface area contributed by atoms with Gasteiger partial charge in [0.05, 0.1) is 11.3 Å². The second kappa shape index (κ2) is 6.37. The molecule has 0 aliphatic carbocycles. The molecule has 22 heavy (non-hydrogen) atoms. The van der Waals surface area contributed by atoms with Gasteiger partial charge in [0.15, 0.2) is 0 Å². The van der Waals surface area contributed by atoms with Gasteiger partial charge in [-0.15, -0.1) is 0 Å². The minimum Gasteiger partial charge on any atom is -0.341 e. The molecule has 1 aromatic carbocycles. The van der Waals surface area contributed by atoms with Crippen LogP contribution in [0.3, 0.4) is 0 Å². The van der Waals surface area contributed by atoms with Gasteiger partial charge in [0.2, 0.25) is 11.8 Å². The summed E-state index contributed by atoms with van der Waals surface area (Å²) in [4.78, 5) is 26.4. The van der Waals surface area contributed by atoms with Gasteiger partial charge in [0.25, 0.3) is 0 Å². The molecule has 4 nitrogen and oxygen atoms in total. The van der Waals surface area contributed by atoms with Gasteiger partial charge in [-0.05, 0) is 25.0 Å². The molecule has 1 fully saturated rings. The van der Waals surface area contributed by atoms with E-state index in [-0.39, 0.29) is 18.1 Å². The topological polar surface area (TPSA) is 40.6 Å². The molecule has 1 aliphatic rings. The predicted octanol–water partition coefficient (Wildman–Crippen LogP) is 2.68. The number of nitrogens with zero attached hydrogens (tertiary/aromatic N) is 2. The van der Waals surface area contributed by atoms with Crippen molar-refractivity contribution in [2.45, 2.75) is 25.9 Å². The highest BCUT2D eigenvalue weighted by molar-refractivity contribution is 5.98. The third kappa shape index (κ3) is 3.58. The minimum absolute atomic E-state index is 0.282. The van der Waals surface area contributed by atoms with Crippen molar-refractivity contribution in [2.75, 3.05) is 24.5 Å². The molecule has 0 spiro atoms. The van der Waals surface area contributed by atoms with Crippen molar-refractivity contribution in [1.82, 2.24) is 4.90 Å². The number of likely N-dealkylation sites (tertiary alicyclic amines) is 1. The Morgan fingerprint density at radius 3 is 2.32 bits per heavy atom. The fraction of sp³-hybridized carbons (Fsp3) is 0.467. The molecule has 0 saturated carbocycles. The van der Waals surface area contributed by atoms with Gasteiger partial charge in [0, 0.05) is 20.0 Å². The lowest BCUT2D eigenvalue weighted by Crippen LogP contribution is -2.41. The summed E-state index contributed by atoms with van der Waals surface area (Å²) in [5.74, 6) is -0.922. The van der Waals surface area contributed by atoms with E-state index < -0.39 is 17.6 Å².